The lowest BCUT2D eigenvalue weighted by molar-refractivity contribution is 0.0696. The van der Waals surface area contributed by atoms with Crippen LogP contribution in [-0.2, 0) is 6.42 Å². The van der Waals surface area contributed by atoms with Crippen LogP contribution in [0.5, 0.6) is 0 Å². The number of rotatable bonds is 5. The van der Waals surface area contributed by atoms with Crippen molar-refractivity contribution in [2.75, 3.05) is 19.6 Å². The van der Waals surface area contributed by atoms with Crippen LogP contribution in [0.15, 0.2) is 54.7 Å². The van der Waals surface area contributed by atoms with Gasteiger partial charge in [0, 0.05) is 47.9 Å². The van der Waals surface area contributed by atoms with Crippen molar-refractivity contribution in [3.05, 3.63) is 71.4 Å². The van der Waals surface area contributed by atoms with Crippen molar-refractivity contribution in [1.29, 1.82) is 0 Å². The molecule has 1 aliphatic heterocycles. The highest BCUT2D eigenvalue weighted by Crippen LogP contribution is 2.19. The fourth-order valence-electron chi connectivity index (χ4n) is 3.91. The average Bonchev–Trinajstić information content (AvgIpc) is 3.17. The van der Waals surface area contributed by atoms with Crippen LogP contribution in [-0.4, -0.2) is 41.3 Å². The molecule has 1 fully saturated rings. The maximum absolute atomic E-state index is 12.6. The summed E-state index contributed by atoms with van der Waals surface area (Å²) >= 11 is 0. The number of nitrogens with one attached hydrogen (secondary N) is 2. The number of piperidine rings is 1. The second kappa shape index (κ2) is 8.52. The number of amides is 2. The Morgan fingerprint density at radius 1 is 1.03 bits per heavy atom. The van der Waals surface area contributed by atoms with E-state index in [4.69, 9.17) is 0 Å². The first-order valence-corrected chi connectivity index (χ1v) is 10.3. The molecule has 29 heavy (non-hydrogen) atoms. The summed E-state index contributed by atoms with van der Waals surface area (Å²) < 4.78 is 0. The van der Waals surface area contributed by atoms with Gasteiger partial charge in [0.15, 0.2) is 0 Å². The number of hydrogen-bond acceptors (Lipinski definition) is 2. The number of H-pyrrole nitrogens is 1. The summed E-state index contributed by atoms with van der Waals surface area (Å²) in [5.74, 6) is 0.633. The molecule has 3 aromatic rings. The van der Waals surface area contributed by atoms with E-state index in [1.165, 1.54) is 10.9 Å². The normalized spacial score (nSPS) is 14.9. The van der Waals surface area contributed by atoms with Gasteiger partial charge < -0.3 is 15.2 Å². The lowest BCUT2D eigenvalue weighted by Crippen LogP contribution is -2.37. The summed E-state index contributed by atoms with van der Waals surface area (Å²) in [7, 11) is 0. The van der Waals surface area contributed by atoms with Crippen LogP contribution in [0.25, 0.3) is 10.9 Å². The van der Waals surface area contributed by atoms with E-state index in [9.17, 15) is 9.59 Å². The number of fused-ring (bicyclic) bond motifs is 1. The van der Waals surface area contributed by atoms with Crippen LogP contribution >= 0.6 is 0 Å². The van der Waals surface area contributed by atoms with Gasteiger partial charge in [0.1, 0.15) is 0 Å². The molecule has 0 radical (unpaired) electrons. The zero-order valence-electron chi connectivity index (χ0n) is 16.8. The van der Waals surface area contributed by atoms with Crippen LogP contribution in [0.3, 0.4) is 0 Å². The van der Waals surface area contributed by atoms with Crippen molar-refractivity contribution >= 4 is 22.7 Å². The quantitative estimate of drug-likeness (QED) is 0.692. The predicted molar refractivity (Wildman–Crippen MR) is 115 cm³/mol. The molecule has 0 atom stereocenters. The van der Waals surface area contributed by atoms with E-state index in [-0.39, 0.29) is 11.8 Å². The first-order chi connectivity index (χ1) is 14.1. The number of hydrogen-bond donors (Lipinski definition) is 2. The van der Waals surface area contributed by atoms with Crippen molar-refractivity contribution < 1.29 is 9.59 Å². The van der Waals surface area contributed by atoms with Gasteiger partial charge in [-0.3, -0.25) is 9.59 Å². The highest BCUT2D eigenvalue weighted by atomic mass is 16.2. The van der Waals surface area contributed by atoms with Gasteiger partial charge in [-0.25, -0.2) is 0 Å². The van der Waals surface area contributed by atoms with Crippen molar-refractivity contribution in [3.63, 3.8) is 0 Å². The summed E-state index contributed by atoms with van der Waals surface area (Å²) in [6.07, 6.45) is 4.88. The SMILES string of the molecule is CC1CCN(C(=O)c2ccc(C(=O)NCCc3c[nH]c4ccccc34)cc2)CC1. The van der Waals surface area contributed by atoms with Crippen LogP contribution in [0.4, 0.5) is 0 Å². The van der Waals surface area contributed by atoms with E-state index >= 15 is 0 Å². The Labute approximate surface area is 171 Å². The molecule has 2 N–H and O–H groups in total. The predicted octanol–water partition coefficient (Wildman–Crippen LogP) is 4.01. The summed E-state index contributed by atoms with van der Waals surface area (Å²) in [5, 5.41) is 4.16. The number of nitrogens with zero attached hydrogens (tertiary/aromatic N) is 1. The minimum absolute atomic E-state index is 0.0585. The maximum Gasteiger partial charge on any atom is 0.253 e. The summed E-state index contributed by atoms with van der Waals surface area (Å²) in [6.45, 7) is 4.42. The number of aromatic nitrogens is 1. The summed E-state index contributed by atoms with van der Waals surface area (Å²) in [4.78, 5) is 30.2. The Kier molecular flexibility index (Phi) is 5.65. The van der Waals surface area contributed by atoms with Gasteiger partial charge in [0.25, 0.3) is 11.8 Å². The molecule has 1 aliphatic rings. The molecule has 5 nitrogen and oxygen atoms in total. The molecule has 0 bridgehead atoms. The van der Waals surface area contributed by atoms with Gasteiger partial charge in [-0.05, 0) is 61.1 Å². The Morgan fingerprint density at radius 3 is 2.48 bits per heavy atom. The second-order valence-electron chi connectivity index (χ2n) is 7.92. The topological polar surface area (TPSA) is 65.2 Å². The Bertz CT molecular complexity index is 998. The number of aromatic amines is 1. The van der Waals surface area contributed by atoms with Crippen molar-refractivity contribution in [2.45, 2.75) is 26.2 Å². The van der Waals surface area contributed by atoms with Gasteiger partial charge in [0.05, 0.1) is 0 Å². The molecular weight excluding hydrogens is 362 g/mol. The largest absolute Gasteiger partial charge is 0.361 e. The van der Waals surface area contributed by atoms with Crippen LogP contribution in [0.2, 0.25) is 0 Å². The van der Waals surface area contributed by atoms with E-state index in [2.05, 4.69) is 23.3 Å². The number of carbonyl (C=O) groups excluding carboxylic acids is 2. The molecule has 1 saturated heterocycles. The lowest BCUT2D eigenvalue weighted by atomic mass is 9.98. The van der Waals surface area contributed by atoms with E-state index in [1.807, 2.05) is 29.3 Å². The zero-order chi connectivity index (χ0) is 20.2. The molecule has 4 rings (SSSR count). The van der Waals surface area contributed by atoms with Gasteiger partial charge in [-0.15, -0.1) is 0 Å². The fourth-order valence-corrected chi connectivity index (χ4v) is 3.91. The number of likely N-dealkylation sites (tertiary alicyclic amines) is 1. The lowest BCUT2D eigenvalue weighted by Gasteiger charge is -2.30. The molecule has 0 spiro atoms. The molecule has 0 saturated carbocycles. The van der Waals surface area contributed by atoms with Gasteiger partial charge in [0.2, 0.25) is 0 Å². The van der Waals surface area contributed by atoms with Crippen molar-refractivity contribution in [1.82, 2.24) is 15.2 Å². The highest BCUT2D eigenvalue weighted by Gasteiger charge is 2.21. The standard InChI is InChI=1S/C24H27N3O2/c1-17-11-14-27(15-12-17)24(29)19-8-6-18(7-9-19)23(28)25-13-10-20-16-26-22-5-3-2-4-21(20)22/h2-9,16-17,26H,10-15H2,1H3,(H,25,28). The Morgan fingerprint density at radius 2 is 1.72 bits per heavy atom. The molecule has 2 amide bonds. The fraction of sp³-hybridized carbons (Fsp3) is 0.333. The number of benzene rings is 2. The molecule has 150 valence electrons. The first-order valence-electron chi connectivity index (χ1n) is 10.3. The van der Waals surface area contributed by atoms with Crippen molar-refractivity contribution in [3.8, 4) is 0 Å². The van der Waals surface area contributed by atoms with E-state index in [0.717, 1.165) is 37.9 Å². The number of carbonyl (C=O) groups is 2. The third kappa shape index (κ3) is 4.34. The molecule has 5 heteroatoms. The molecule has 0 unspecified atom stereocenters. The maximum atomic E-state index is 12.6. The van der Waals surface area contributed by atoms with Crippen LogP contribution in [0.1, 0.15) is 46.0 Å². The summed E-state index contributed by atoms with van der Waals surface area (Å²) in [5.41, 5.74) is 3.53. The third-order valence-corrected chi connectivity index (χ3v) is 5.82. The first kappa shape index (κ1) is 19.2. The van der Waals surface area contributed by atoms with Gasteiger partial charge in [-0.1, -0.05) is 25.1 Å². The number of para-hydroxylation sites is 1. The third-order valence-electron chi connectivity index (χ3n) is 5.82. The minimum Gasteiger partial charge on any atom is -0.361 e. The molecule has 2 heterocycles. The van der Waals surface area contributed by atoms with Gasteiger partial charge >= 0.3 is 0 Å². The molecule has 0 aliphatic carbocycles. The van der Waals surface area contributed by atoms with Crippen LogP contribution in [0, 0.1) is 5.92 Å². The van der Waals surface area contributed by atoms with Gasteiger partial charge in [-0.2, -0.15) is 0 Å². The van der Waals surface area contributed by atoms with Crippen molar-refractivity contribution in [2.24, 2.45) is 5.92 Å². The summed E-state index contributed by atoms with van der Waals surface area (Å²) in [6, 6.07) is 15.1. The Hall–Kier alpha value is -3.08. The average molecular weight is 389 g/mol. The molecule has 1 aromatic heterocycles. The van der Waals surface area contributed by atoms with E-state index < -0.39 is 0 Å². The Balaban J connectivity index is 1.31. The van der Waals surface area contributed by atoms with E-state index in [0.29, 0.717) is 23.6 Å². The molecule has 2 aromatic carbocycles. The highest BCUT2D eigenvalue weighted by molar-refractivity contribution is 5.97. The minimum atomic E-state index is -0.115. The van der Waals surface area contributed by atoms with E-state index in [1.54, 1.807) is 24.3 Å². The monoisotopic (exact) mass is 389 g/mol. The zero-order valence-corrected chi connectivity index (χ0v) is 16.8. The smallest absolute Gasteiger partial charge is 0.253 e. The second-order valence-corrected chi connectivity index (χ2v) is 7.92. The molecular formula is C24H27N3O2. The van der Waals surface area contributed by atoms with Crippen LogP contribution < -0.4 is 5.32 Å².